The Kier molecular flexibility index (Phi) is 3.35. The first-order chi connectivity index (χ1) is 8.20. The Morgan fingerprint density at radius 3 is 3.06 bits per heavy atom. The summed E-state index contributed by atoms with van der Waals surface area (Å²) in [4.78, 5) is 4.13. The summed E-state index contributed by atoms with van der Waals surface area (Å²) in [5.41, 5.74) is 1.40. The minimum absolute atomic E-state index is 0.629. The lowest BCUT2D eigenvalue weighted by Gasteiger charge is -2.00. The van der Waals surface area contributed by atoms with Crippen LogP contribution in [0.25, 0.3) is 0 Å². The topological polar surface area (TPSA) is 79.4 Å². The van der Waals surface area contributed by atoms with Crippen molar-refractivity contribution in [2.45, 2.75) is 13.3 Å². The molecule has 17 heavy (non-hydrogen) atoms. The average Bonchev–Trinajstić information content (AvgIpc) is 2.86. The van der Waals surface area contributed by atoms with Gasteiger partial charge in [0.1, 0.15) is 23.0 Å². The molecule has 0 aliphatic carbocycles. The first-order valence-electron chi connectivity index (χ1n) is 5.15. The van der Waals surface area contributed by atoms with Crippen LogP contribution in [0.5, 0.6) is 0 Å². The Morgan fingerprint density at radius 2 is 2.41 bits per heavy atom. The molecule has 1 N–H and O–H groups in total. The van der Waals surface area contributed by atoms with E-state index in [2.05, 4.69) is 25.8 Å². The van der Waals surface area contributed by atoms with Crippen LogP contribution in [0.4, 0.5) is 5.00 Å². The first-order valence-corrected chi connectivity index (χ1v) is 5.93. The second-order valence-corrected chi connectivity index (χ2v) is 4.37. The van der Waals surface area contributed by atoms with Gasteiger partial charge in [0.25, 0.3) is 0 Å². The Labute approximate surface area is 103 Å². The number of nitrogens with zero attached hydrogens (tertiary/aromatic N) is 5. The molecule has 6 nitrogen and oxygen atoms in total. The van der Waals surface area contributed by atoms with Gasteiger partial charge >= 0.3 is 0 Å². The van der Waals surface area contributed by atoms with E-state index in [0.29, 0.717) is 12.1 Å². The summed E-state index contributed by atoms with van der Waals surface area (Å²) >= 11 is 1.31. The molecule has 0 aromatic carbocycles. The van der Waals surface area contributed by atoms with Gasteiger partial charge < -0.3 is 5.32 Å². The van der Waals surface area contributed by atoms with Gasteiger partial charge in [0, 0.05) is 20.0 Å². The van der Waals surface area contributed by atoms with Crippen molar-refractivity contribution >= 4 is 16.5 Å². The summed E-state index contributed by atoms with van der Waals surface area (Å²) in [5.74, 6) is 0.791. The van der Waals surface area contributed by atoms with Crippen LogP contribution in [-0.2, 0) is 13.5 Å². The highest BCUT2D eigenvalue weighted by Gasteiger charge is 2.09. The zero-order valence-electron chi connectivity index (χ0n) is 9.64. The minimum atomic E-state index is 0.629. The fourth-order valence-corrected chi connectivity index (χ4v) is 2.18. The van der Waals surface area contributed by atoms with E-state index in [4.69, 9.17) is 5.26 Å². The summed E-state index contributed by atoms with van der Waals surface area (Å²) < 4.78 is 5.81. The Hall–Kier alpha value is -1.94. The van der Waals surface area contributed by atoms with Crippen molar-refractivity contribution in [3.63, 3.8) is 0 Å². The number of nitriles is 1. The van der Waals surface area contributed by atoms with Crippen molar-refractivity contribution in [2.75, 3.05) is 11.9 Å². The molecule has 2 rings (SSSR count). The molecule has 0 fully saturated rings. The van der Waals surface area contributed by atoms with Gasteiger partial charge in [-0.1, -0.05) is 0 Å². The number of aromatic nitrogens is 4. The van der Waals surface area contributed by atoms with Crippen molar-refractivity contribution in [3.05, 3.63) is 23.4 Å². The Bertz CT molecular complexity index is 549. The lowest BCUT2D eigenvalue weighted by molar-refractivity contribution is 0.742. The van der Waals surface area contributed by atoms with Gasteiger partial charge in [-0.25, -0.2) is 4.98 Å². The van der Waals surface area contributed by atoms with E-state index in [9.17, 15) is 0 Å². The number of hydrogen-bond acceptors (Lipinski definition) is 6. The van der Waals surface area contributed by atoms with Crippen molar-refractivity contribution in [1.29, 1.82) is 5.26 Å². The molecule has 2 aromatic heterocycles. The van der Waals surface area contributed by atoms with Gasteiger partial charge in [-0.3, -0.25) is 4.68 Å². The third-order valence-electron chi connectivity index (χ3n) is 2.26. The van der Waals surface area contributed by atoms with Crippen molar-refractivity contribution < 1.29 is 0 Å². The second kappa shape index (κ2) is 4.93. The molecule has 0 amide bonds. The monoisotopic (exact) mass is 248 g/mol. The normalized spacial score (nSPS) is 10.2. The van der Waals surface area contributed by atoms with Crippen molar-refractivity contribution in [1.82, 2.24) is 19.1 Å². The fraction of sp³-hybridized carbons (Fsp3) is 0.400. The standard InChI is InChI=1S/C10H12N6S/c1-7-8(5-11)10(17-15-7)12-4-3-9-13-6-16(2)14-9/h6,12H,3-4H2,1-2H3. The van der Waals surface area contributed by atoms with Crippen LogP contribution in [-0.4, -0.2) is 25.7 Å². The highest BCUT2D eigenvalue weighted by molar-refractivity contribution is 7.10. The summed E-state index contributed by atoms with van der Waals surface area (Å²) in [6.45, 7) is 2.53. The molecule has 0 aliphatic rings. The summed E-state index contributed by atoms with van der Waals surface area (Å²) in [5, 5.41) is 17.1. The number of nitrogens with one attached hydrogen (secondary N) is 1. The summed E-state index contributed by atoms with van der Waals surface area (Å²) in [7, 11) is 1.84. The minimum Gasteiger partial charge on any atom is -0.374 e. The molecule has 0 saturated carbocycles. The van der Waals surface area contributed by atoms with E-state index < -0.39 is 0 Å². The molecule has 0 atom stereocenters. The highest BCUT2D eigenvalue weighted by Crippen LogP contribution is 2.22. The van der Waals surface area contributed by atoms with Crippen LogP contribution >= 0.6 is 11.5 Å². The molecule has 2 aromatic rings. The van der Waals surface area contributed by atoms with Crippen LogP contribution in [0.1, 0.15) is 17.1 Å². The maximum atomic E-state index is 8.96. The van der Waals surface area contributed by atoms with Gasteiger partial charge in [0.15, 0.2) is 5.82 Å². The van der Waals surface area contributed by atoms with E-state index >= 15 is 0 Å². The maximum Gasteiger partial charge on any atom is 0.152 e. The molecule has 0 saturated heterocycles. The largest absolute Gasteiger partial charge is 0.374 e. The molecule has 0 bridgehead atoms. The molecule has 7 heteroatoms. The quantitative estimate of drug-likeness (QED) is 0.876. The molecule has 0 radical (unpaired) electrons. The molecular weight excluding hydrogens is 236 g/mol. The third kappa shape index (κ3) is 2.60. The third-order valence-corrected chi connectivity index (χ3v) is 3.15. The van der Waals surface area contributed by atoms with Crippen LogP contribution in [0.15, 0.2) is 6.33 Å². The number of anilines is 1. The predicted octanol–water partition coefficient (Wildman–Crippen LogP) is 1.11. The van der Waals surface area contributed by atoms with Gasteiger partial charge in [-0.15, -0.1) is 0 Å². The summed E-state index contributed by atoms with van der Waals surface area (Å²) in [6, 6.07) is 2.15. The molecular formula is C10H12N6S. The lowest BCUT2D eigenvalue weighted by Crippen LogP contribution is -2.06. The van der Waals surface area contributed by atoms with Gasteiger partial charge in [-0.05, 0) is 18.5 Å². The predicted molar refractivity (Wildman–Crippen MR) is 64.8 cm³/mol. The Morgan fingerprint density at radius 1 is 1.59 bits per heavy atom. The van der Waals surface area contributed by atoms with E-state index in [1.165, 1.54) is 11.5 Å². The fourth-order valence-electron chi connectivity index (χ4n) is 1.41. The zero-order chi connectivity index (χ0) is 12.3. The number of rotatable bonds is 4. The summed E-state index contributed by atoms with van der Waals surface area (Å²) in [6.07, 6.45) is 2.40. The highest BCUT2D eigenvalue weighted by atomic mass is 32.1. The second-order valence-electron chi connectivity index (χ2n) is 3.60. The van der Waals surface area contributed by atoms with Crippen LogP contribution < -0.4 is 5.32 Å². The molecule has 2 heterocycles. The lowest BCUT2D eigenvalue weighted by atomic mass is 10.3. The Balaban J connectivity index is 1.92. The molecule has 88 valence electrons. The van der Waals surface area contributed by atoms with Crippen LogP contribution in [0.3, 0.4) is 0 Å². The van der Waals surface area contributed by atoms with Crippen LogP contribution in [0.2, 0.25) is 0 Å². The van der Waals surface area contributed by atoms with Crippen molar-refractivity contribution in [3.8, 4) is 6.07 Å². The van der Waals surface area contributed by atoms with Gasteiger partial charge in [0.05, 0.1) is 5.69 Å². The van der Waals surface area contributed by atoms with Gasteiger partial charge in [-0.2, -0.15) is 14.7 Å². The van der Waals surface area contributed by atoms with E-state index in [1.54, 1.807) is 11.0 Å². The van der Waals surface area contributed by atoms with E-state index in [0.717, 1.165) is 22.9 Å². The van der Waals surface area contributed by atoms with Crippen LogP contribution in [0, 0.1) is 18.3 Å². The molecule has 0 unspecified atom stereocenters. The average molecular weight is 248 g/mol. The number of hydrogen-bond donors (Lipinski definition) is 1. The molecule has 0 aliphatic heterocycles. The van der Waals surface area contributed by atoms with Gasteiger partial charge in [0.2, 0.25) is 0 Å². The molecule has 0 spiro atoms. The SMILES string of the molecule is Cc1nsc(NCCc2ncn(C)n2)c1C#N. The maximum absolute atomic E-state index is 8.96. The smallest absolute Gasteiger partial charge is 0.152 e. The first kappa shape index (κ1) is 11.5. The zero-order valence-corrected chi connectivity index (χ0v) is 10.5. The van der Waals surface area contributed by atoms with Crippen molar-refractivity contribution in [2.24, 2.45) is 7.05 Å². The van der Waals surface area contributed by atoms with E-state index in [1.807, 2.05) is 14.0 Å². The number of aryl methyl sites for hydroxylation is 2. The van der Waals surface area contributed by atoms with E-state index in [-0.39, 0.29) is 0 Å².